The van der Waals surface area contributed by atoms with Gasteiger partial charge in [0.25, 0.3) is 0 Å². The highest BCUT2D eigenvalue weighted by atomic mass is 31.2. The molecule has 0 saturated heterocycles. The second-order valence-corrected chi connectivity index (χ2v) is 5.00. The highest BCUT2D eigenvalue weighted by molar-refractivity contribution is 7.68. The van der Waals surface area contributed by atoms with Crippen molar-refractivity contribution < 1.29 is 4.57 Å². The van der Waals surface area contributed by atoms with Gasteiger partial charge in [-0.2, -0.15) is 10.5 Å². The van der Waals surface area contributed by atoms with Crippen LogP contribution in [0.25, 0.3) is 0 Å². The van der Waals surface area contributed by atoms with E-state index in [1.54, 1.807) is 12.7 Å². The second-order valence-electron chi connectivity index (χ2n) is 1.94. The molecule has 54 valence electrons. The fourth-order valence-electron chi connectivity index (χ4n) is 0.509. The van der Waals surface area contributed by atoms with Gasteiger partial charge in [0.2, 0.25) is 0 Å². The summed E-state index contributed by atoms with van der Waals surface area (Å²) in [6.07, 6.45) is 0.848. The molecule has 0 bridgehead atoms. The lowest BCUT2D eigenvalue weighted by Crippen LogP contribution is -1.88. The summed E-state index contributed by atoms with van der Waals surface area (Å²) in [5.74, 6) is 1.77. The Morgan fingerprint density at radius 1 is 1.50 bits per heavy atom. The number of nitriles is 2. The van der Waals surface area contributed by atoms with Gasteiger partial charge in [0.05, 0.1) is 6.07 Å². The quantitative estimate of drug-likeness (QED) is 0.585. The maximum Gasteiger partial charge on any atom is 0.182 e. The summed E-state index contributed by atoms with van der Waals surface area (Å²) >= 11 is 0. The highest BCUT2D eigenvalue weighted by Crippen LogP contribution is 2.43. The molecule has 0 fully saturated rings. The zero-order valence-electron chi connectivity index (χ0n) is 5.87. The minimum absolute atomic E-state index is 0.221. The van der Waals surface area contributed by atoms with Crippen LogP contribution in [-0.2, 0) is 4.57 Å². The lowest BCUT2D eigenvalue weighted by atomic mass is 10.6. The summed E-state index contributed by atoms with van der Waals surface area (Å²) in [6.45, 7) is 1.71. The Morgan fingerprint density at radius 2 is 2.10 bits per heavy atom. The molecule has 0 N–H and O–H groups in total. The largest absolute Gasteiger partial charge is 0.308 e. The number of nitrogens with zero attached hydrogens (tertiary/aromatic N) is 2. The molecule has 0 amide bonds. The summed E-state index contributed by atoms with van der Waals surface area (Å²) in [5.41, 5.74) is 0. The zero-order chi connectivity index (χ0) is 8.04. The molecule has 0 saturated carbocycles. The normalized spacial score (nSPS) is 14.7. The number of rotatable bonds is 3. The molecule has 0 aromatic rings. The van der Waals surface area contributed by atoms with Crippen molar-refractivity contribution in [3.63, 3.8) is 0 Å². The minimum atomic E-state index is -2.61. The lowest BCUT2D eigenvalue weighted by Gasteiger charge is -2.01. The summed E-state index contributed by atoms with van der Waals surface area (Å²) < 4.78 is 11.2. The first kappa shape index (κ1) is 9.21. The Morgan fingerprint density at radius 3 is 2.40 bits per heavy atom. The molecule has 0 radical (unpaired) electrons. The van der Waals surface area contributed by atoms with Crippen molar-refractivity contribution in [2.24, 2.45) is 0 Å². The Kier molecular flexibility index (Phi) is 3.77. The molecule has 0 aliphatic rings. The van der Waals surface area contributed by atoms with Crippen molar-refractivity contribution in [2.75, 3.05) is 12.3 Å². The van der Waals surface area contributed by atoms with Crippen molar-refractivity contribution in [3.05, 3.63) is 0 Å². The van der Waals surface area contributed by atoms with E-state index in [4.69, 9.17) is 10.5 Å². The predicted octanol–water partition coefficient (Wildman–Crippen LogP) is 1.76. The van der Waals surface area contributed by atoms with Gasteiger partial charge in [-0.05, 0) is 0 Å². The molecular formula is C6H9N2OP. The third-order valence-electron chi connectivity index (χ3n) is 1.28. The molecule has 4 heteroatoms. The van der Waals surface area contributed by atoms with Crippen LogP contribution in [0, 0.1) is 22.4 Å². The van der Waals surface area contributed by atoms with Crippen LogP contribution in [0.15, 0.2) is 0 Å². The number of hydrogen-bond acceptors (Lipinski definition) is 3. The van der Waals surface area contributed by atoms with Crippen LogP contribution in [-0.4, -0.2) is 12.3 Å². The molecule has 0 aliphatic carbocycles. The van der Waals surface area contributed by atoms with E-state index in [1.165, 1.54) is 0 Å². The molecule has 0 heterocycles. The third kappa shape index (κ3) is 2.67. The first-order valence-corrected chi connectivity index (χ1v) is 5.12. The summed E-state index contributed by atoms with van der Waals surface area (Å²) in [4.78, 5) is 0. The second kappa shape index (κ2) is 4.09. The molecule has 0 aromatic carbocycles. The first-order chi connectivity index (χ1) is 4.68. The average molecular weight is 156 g/mol. The Hall–Kier alpha value is -0.790. The maximum atomic E-state index is 11.2. The van der Waals surface area contributed by atoms with Gasteiger partial charge < -0.3 is 4.57 Å². The Balaban J connectivity index is 4.02. The highest BCUT2D eigenvalue weighted by Gasteiger charge is 2.17. The smallest absolute Gasteiger partial charge is 0.182 e. The fraction of sp³-hybridized carbons (Fsp3) is 0.667. The van der Waals surface area contributed by atoms with Gasteiger partial charge in [-0.25, -0.2) is 0 Å². The lowest BCUT2D eigenvalue weighted by molar-refractivity contribution is 0.582. The van der Waals surface area contributed by atoms with E-state index < -0.39 is 7.14 Å². The van der Waals surface area contributed by atoms with Gasteiger partial charge in [-0.1, -0.05) is 6.92 Å². The van der Waals surface area contributed by atoms with E-state index in [2.05, 4.69) is 0 Å². The van der Waals surface area contributed by atoms with Gasteiger partial charge >= 0.3 is 0 Å². The van der Waals surface area contributed by atoms with Gasteiger partial charge in [-0.15, -0.1) is 0 Å². The number of hydrogen-bond donors (Lipinski definition) is 0. The third-order valence-corrected chi connectivity index (χ3v) is 3.61. The first-order valence-electron chi connectivity index (χ1n) is 3.05. The molecule has 0 aromatic heterocycles. The van der Waals surface area contributed by atoms with Crippen LogP contribution in [0.5, 0.6) is 0 Å². The standard InChI is InChI=1S/C6H9N2OP/c1-2-10(9,6-8)5-3-4-7/h2-3,5H2,1H3. The topological polar surface area (TPSA) is 64.7 Å². The molecular weight excluding hydrogens is 147 g/mol. The molecule has 1 atom stereocenters. The van der Waals surface area contributed by atoms with Crippen LogP contribution < -0.4 is 0 Å². The van der Waals surface area contributed by atoms with E-state index in [9.17, 15) is 4.57 Å². The fourth-order valence-corrected chi connectivity index (χ4v) is 1.53. The van der Waals surface area contributed by atoms with Gasteiger partial charge in [-0.3, -0.25) is 0 Å². The van der Waals surface area contributed by atoms with E-state index in [0.29, 0.717) is 6.16 Å². The zero-order valence-corrected chi connectivity index (χ0v) is 6.77. The molecule has 10 heavy (non-hydrogen) atoms. The molecule has 1 unspecified atom stereocenters. The van der Waals surface area contributed by atoms with Crippen molar-refractivity contribution in [1.29, 1.82) is 10.5 Å². The van der Waals surface area contributed by atoms with Crippen molar-refractivity contribution >= 4 is 7.14 Å². The average Bonchev–Trinajstić information content (AvgIpc) is 2.00. The predicted molar refractivity (Wildman–Crippen MR) is 38.9 cm³/mol. The van der Waals surface area contributed by atoms with Gasteiger partial charge in [0.1, 0.15) is 5.81 Å². The molecule has 0 aliphatic heterocycles. The van der Waals surface area contributed by atoms with Gasteiger partial charge in [0.15, 0.2) is 7.14 Å². The SMILES string of the molecule is CCP(=O)(C#N)CCC#N. The molecule has 3 nitrogen and oxygen atoms in total. The van der Waals surface area contributed by atoms with E-state index in [0.717, 1.165) is 0 Å². The van der Waals surface area contributed by atoms with Crippen LogP contribution >= 0.6 is 7.14 Å². The van der Waals surface area contributed by atoms with Crippen LogP contribution in [0.3, 0.4) is 0 Å². The van der Waals surface area contributed by atoms with E-state index in [1.807, 2.05) is 6.07 Å². The van der Waals surface area contributed by atoms with E-state index >= 15 is 0 Å². The van der Waals surface area contributed by atoms with Crippen LogP contribution in [0.1, 0.15) is 13.3 Å². The molecule has 0 rings (SSSR count). The summed E-state index contributed by atoms with van der Waals surface area (Å²) in [6, 6.07) is 1.87. The summed E-state index contributed by atoms with van der Waals surface area (Å²) in [5, 5.41) is 16.5. The van der Waals surface area contributed by atoms with Gasteiger partial charge in [0, 0.05) is 18.7 Å². The Labute approximate surface area is 60.6 Å². The van der Waals surface area contributed by atoms with E-state index in [-0.39, 0.29) is 12.6 Å². The van der Waals surface area contributed by atoms with Crippen molar-refractivity contribution in [1.82, 2.24) is 0 Å². The van der Waals surface area contributed by atoms with Crippen LogP contribution in [0.4, 0.5) is 0 Å². The van der Waals surface area contributed by atoms with Crippen molar-refractivity contribution in [2.45, 2.75) is 13.3 Å². The molecule has 0 spiro atoms. The minimum Gasteiger partial charge on any atom is -0.308 e. The Bertz CT molecular complexity index is 223. The maximum absolute atomic E-state index is 11.2. The summed E-state index contributed by atoms with van der Waals surface area (Å²) in [7, 11) is -2.61. The van der Waals surface area contributed by atoms with Crippen molar-refractivity contribution in [3.8, 4) is 11.9 Å². The monoisotopic (exact) mass is 156 g/mol. The van der Waals surface area contributed by atoms with Crippen LogP contribution in [0.2, 0.25) is 0 Å².